The van der Waals surface area contributed by atoms with Crippen molar-refractivity contribution < 1.29 is 23.9 Å². The number of nitriles is 1. The number of carbonyl (C=O) groups excluding carboxylic acids is 3. The number of hydrogen-bond acceptors (Lipinski definition) is 7. The third-order valence-corrected chi connectivity index (χ3v) is 6.31. The topological polar surface area (TPSA) is 105 Å². The fraction of sp³-hybridized carbons (Fsp3) is 0.364. The SMILES string of the molecule is CCOC(=O)c1c(NC(=O)CC(=O)OC)sc2c1CCC(C#N)(c1ccccc1)C2. The Bertz CT molecular complexity index is 1010. The van der Waals surface area contributed by atoms with Crippen molar-refractivity contribution in [1.82, 2.24) is 0 Å². The smallest absolute Gasteiger partial charge is 0.341 e. The highest BCUT2D eigenvalue weighted by Gasteiger charge is 2.40. The van der Waals surface area contributed by atoms with Gasteiger partial charge >= 0.3 is 11.9 Å². The van der Waals surface area contributed by atoms with Gasteiger partial charge in [0, 0.05) is 11.3 Å². The van der Waals surface area contributed by atoms with E-state index in [1.54, 1.807) is 6.92 Å². The second kappa shape index (κ2) is 9.09. The van der Waals surface area contributed by atoms with Gasteiger partial charge in [0.2, 0.25) is 5.91 Å². The number of benzene rings is 1. The highest BCUT2D eigenvalue weighted by Crippen LogP contribution is 2.45. The predicted molar refractivity (Wildman–Crippen MR) is 111 cm³/mol. The summed E-state index contributed by atoms with van der Waals surface area (Å²) in [6.07, 6.45) is 1.05. The summed E-state index contributed by atoms with van der Waals surface area (Å²) in [5, 5.41) is 13.0. The highest BCUT2D eigenvalue weighted by molar-refractivity contribution is 7.17. The number of hydrogen-bond donors (Lipinski definition) is 1. The maximum atomic E-state index is 12.6. The zero-order chi connectivity index (χ0) is 21.7. The molecule has 1 aromatic heterocycles. The summed E-state index contributed by atoms with van der Waals surface area (Å²) in [7, 11) is 1.20. The van der Waals surface area contributed by atoms with Gasteiger partial charge in [-0.3, -0.25) is 9.59 Å². The van der Waals surface area contributed by atoms with Crippen LogP contribution in [0.1, 0.15) is 46.1 Å². The summed E-state index contributed by atoms with van der Waals surface area (Å²) >= 11 is 1.26. The molecule has 0 radical (unpaired) electrons. The van der Waals surface area contributed by atoms with Crippen LogP contribution in [0.2, 0.25) is 0 Å². The Labute approximate surface area is 178 Å². The summed E-state index contributed by atoms with van der Waals surface area (Å²) in [6, 6.07) is 12.1. The summed E-state index contributed by atoms with van der Waals surface area (Å²) in [5.74, 6) is -1.76. The minimum Gasteiger partial charge on any atom is -0.469 e. The van der Waals surface area contributed by atoms with Crippen molar-refractivity contribution in [2.75, 3.05) is 19.0 Å². The van der Waals surface area contributed by atoms with Gasteiger partial charge in [0.15, 0.2) is 0 Å². The van der Waals surface area contributed by atoms with Crippen LogP contribution in [-0.4, -0.2) is 31.6 Å². The number of nitrogens with zero attached hydrogens (tertiary/aromatic N) is 1. The average Bonchev–Trinajstić information content (AvgIpc) is 3.10. The molecule has 0 aliphatic heterocycles. The van der Waals surface area contributed by atoms with E-state index in [1.165, 1.54) is 18.4 Å². The van der Waals surface area contributed by atoms with Crippen LogP contribution >= 0.6 is 11.3 Å². The number of nitrogens with one attached hydrogen (secondary N) is 1. The molecule has 1 unspecified atom stereocenters. The molecule has 0 saturated carbocycles. The van der Waals surface area contributed by atoms with Gasteiger partial charge in [-0.1, -0.05) is 30.3 Å². The normalized spacial score (nSPS) is 17.4. The number of esters is 2. The molecule has 8 heteroatoms. The van der Waals surface area contributed by atoms with E-state index in [9.17, 15) is 19.6 Å². The molecule has 0 spiro atoms. The first-order valence-electron chi connectivity index (χ1n) is 9.59. The second-order valence-corrected chi connectivity index (χ2v) is 8.07. The van der Waals surface area contributed by atoms with E-state index < -0.39 is 29.7 Å². The molecule has 1 aliphatic carbocycles. The largest absolute Gasteiger partial charge is 0.469 e. The Morgan fingerprint density at radius 2 is 2.00 bits per heavy atom. The second-order valence-electron chi connectivity index (χ2n) is 6.97. The van der Waals surface area contributed by atoms with E-state index in [-0.39, 0.29) is 6.61 Å². The lowest BCUT2D eigenvalue weighted by Crippen LogP contribution is -2.31. The van der Waals surface area contributed by atoms with E-state index in [1.807, 2.05) is 30.3 Å². The molecule has 2 aromatic rings. The van der Waals surface area contributed by atoms with Crippen molar-refractivity contribution in [3.05, 3.63) is 51.9 Å². The number of amides is 1. The molecule has 7 nitrogen and oxygen atoms in total. The number of carbonyl (C=O) groups is 3. The van der Waals surface area contributed by atoms with E-state index in [0.29, 0.717) is 29.8 Å². The Hall–Kier alpha value is -3.18. The quantitative estimate of drug-likeness (QED) is 0.561. The summed E-state index contributed by atoms with van der Waals surface area (Å²) in [5.41, 5.74) is 1.35. The minimum absolute atomic E-state index is 0.200. The van der Waals surface area contributed by atoms with Gasteiger partial charge < -0.3 is 14.8 Å². The Morgan fingerprint density at radius 1 is 1.27 bits per heavy atom. The van der Waals surface area contributed by atoms with E-state index in [4.69, 9.17) is 4.74 Å². The van der Waals surface area contributed by atoms with Crippen molar-refractivity contribution >= 4 is 34.2 Å². The Balaban J connectivity index is 1.98. The third-order valence-electron chi connectivity index (χ3n) is 5.16. The molecule has 0 saturated heterocycles. The van der Waals surface area contributed by atoms with E-state index in [2.05, 4.69) is 16.1 Å². The van der Waals surface area contributed by atoms with Crippen molar-refractivity contribution in [3.8, 4) is 6.07 Å². The molecule has 1 N–H and O–H groups in total. The van der Waals surface area contributed by atoms with Crippen LogP contribution < -0.4 is 5.32 Å². The van der Waals surface area contributed by atoms with Crippen molar-refractivity contribution in [1.29, 1.82) is 5.26 Å². The van der Waals surface area contributed by atoms with Crippen molar-refractivity contribution in [2.24, 2.45) is 0 Å². The van der Waals surface area contributed by atoms with Gasteiger partial charge in [-0.15, -0.1) is 11.3 Å². The van der Waals surface area contributed by atoms with Crippen LogP contribution in [0.3, 0.4) is 0 Å². The molecular weight excluding hydrogens is 404 g/mol. The monoisotopic (exact) mass is 426 g/mol. The van der Waals surface area contributed by atoms with Crippen LogP contribution in [0.25, 0.3) is 0 Å². The fourth-order valence-corrected chi connectivity index (χ4v) is 5.03. The molecule has 156 valence electrons. The van der Waals surface area contributed by atoms with Crippen LogP contribution in [0, 0.1) is 11.3 Å². The number of rotatable bonds is 6. The first-order valence-corrected chi connectivity index (χ1v) is 10.4. The third kappa shape index (κ3) is 4.21. The van der Waals surface area contributed by atoms with Crippen LogP contribution in [0.4, 0.5) is 5.00 Å². The van der Waals surface area contributed by atoms with Gasteiger partial charge in [0.05, 0.1) is 30.8 Å². The van der Waals surface area contributed by atoms with Crippen molar-refractivity contribution in [2.45, 2.75) is 38.0 Å². The molecule has 0 bridgehead atoms. The maximum Gasteiger partial charge on any atom is 0.341 e. The van der Waals surface area contributed by atoms with Crippen LogP contribution in [0.5, 0.6) is 0 Å². The van der Waals surface area contributed by atoms with Gasteiger partial charge in [-0.25, -0.2) is 4.79 Å². The average molecular weight is 426 g/mol. The van der Waals surface area contributed by atoms with E-state index >= 15 is 0 Å². The van der Waals surface area contributed by atoms with Gasteiger partial charge in [0.1, 0.15) is 11.4 Å². The van der Waals surface area contributed by atoms with Crippen LogP contribution in [-0.2, 0) is 37.3 Å². The first kappa shape index (κ1) is 21.5. The summed E-state index contributed by atoms with van der Waals surface area (Å²) < 4.78 is 9.72. The number of thiophene rings is 1. The summed E-state index contributed by atoms with van der Waals surface area (Å²) in [6.45, 7) is 1.91. The standard InChI is InChI=1S/C22H22N2O5S/c1-3-29-21(27)19-15-9-10-22(13-23,14-7-5-4-6-8-14)12-16(15)30-20(19)24-17(25)11-18(26)28-2/h4-8H,3,9-12H2,1-2H3,(H,24,25). The summed E-state index contributed by atoms with van der Waals surface area (Å²) in [4.78, 5) is 37.1. The Morgan fingerprint density at radius 3 is 2.63 bits per heavy atom. The van der Waals surface area contributed by atoms with Gasteiger partial charge in [-0.2, -0.15) is 5.26 Å². The molecule has 1 amide bonds. The predicted octanol–water partition coefficient (Wildman–Crippen LogP) is 3.38. The molecular formula is C22H22N2O5S. The van der Waals surface area contributed by atoms with Crippen molar-refractivity contribution in [3.63, 3.8) is 0 Å². The molecule has 1 atom stereocenters. The van der Waals surface area contributed by atoms with Gasteiger partial charge in [0.25, 0.3) is 0 Å². The molecule has 30 heavy (non-hydrogen) atoms. The molecule has 0 fully saturated rings. The lowest BCUT2D eigenvalue weighted by Gasteiger charge is -2.31. The fourth-order valence-electron chi connectivity index (χ4n) is 3.67. The molecule has 1 aromatic carbocycles. The minimum atomic E-state index is -0.696. The number of fused-ring (bicyclic) bond motifs is 1. The van der Waals surface area contributed by atoms with Gasteiger partial charge in [-0.05, 0) is 30.9 Å². The molecule has 1 heterocycles. The number of anilines is 1. The van der Waals surface area contributed by atoms with Crippen LogP contribution in [0.15, 0.2) is 30.3 Å². The number of methoxy groups -OCH3 is 1. The first-order chi connectivity index (χ1) is 14.4. The zero-order valence-corrected chi connectivity index (χ0v) is 17.6. The molecule has 3 rings (SSSR count). The van der Waals surface area contributed by atoms with E-state index in [0.717, 1.165) is 16.0 Å². The highest BCUT2D eigenvalue weighted by atomic mass is 32.1. The Kier molecular flexibility index (Phi) is 6.53. The lowest BCUT2D eigenvalue weighted by atomic mass is 9.70. The molecule has 1 aliphatic rings. The lowest BCUT2D eigenvalue weighted by molar-refractivity contribution is -0.142. The number of ether oxygens (including phenoxy) is 2. The maximum absolute atomic E-state index is 12.6. The zero-order valence-electron chi connectivity index (χ0n) is 16.8.